The number of ether oxygens (including phenoxy) is 1. The second-order valence-electron chi connectivity index (χ2n) is 5.00. The molecule has 4 heteroatoms. The molecule has 1 aliphatic heterocycles. The maximum Gasteiger partial charge on any atom is 0.240 e. The van der Waals surface area contributed by atoms with E-state index in [1.165, 1.54) is 6.42 Å². The van der Waals surface area contributed by atoms with Gasteiger partial charge in [-0.3, -0.25) is 4.79 Å². The third kappa shape index (κ3) is 4.25. The molecular weight excluding hydrogens is 228 g/mol. The predicted molar refractivity (Wildman–Crippen MR) is 73.6 cm³/mol. The predicted octanol–water partition coefficient (Wildman–Crippen LogP) is 1.79. The number of carbonyl (C=O) groups excluding carboxylic acids is 1. The molecule has 0 radical (unpaired) electrons. The minimum absolute atomic E-state index is 0.0243. The standard InChI is InChI=1S/C14H28N2O2/c1-4-12(5-2)16(10-11-18-3)14(17)13-8-6-7-9-15-13/h12-13,15H,4-11H2,1-3H3. The second-order valence-corrected chi connectivity index (χ2v) is 5.00. The highest BCUT2D eigenvalue weighted by Gasteiger charge is 2.28. The van der Waals surface area contributed by atoms with Crippen LogP contribution in [0.3, 0.4) is 0 Å². The van der Waals surface area contributed by atoms with E-state index >= 15 is 0 Å². The van der Waals surface area contributed by atoms with Gasteiger partial charge in [0, 0.05) is 19.7 Å². The highest BCUT2D eigenvalue weighted by molar-refractivity contribution is 5.82. The van der Waals surface area contributed by atoms with Gasteiger partial charge in [0.25, 0.3) is 0 Å². The Hall–Kier alpha value is -0.610. The minimum Gasteiger partial charge on any atom is -0.383 e. The van der Waals surface area contributed by atoms with Crippen molar-refractivity contribution in [3.63, 3.8) is 0 Å². The van der Waals surface area contributed by atoms with E-state index in [0.29, 0.717) is 19.2 Å². The number of hydrogen-bond donors (Lipinski definition) is 1. The highest BCUT2D eigenvalue weighted by atomic mass is 16.5. The average molecular weight is 256 g/mol. The molecule has 1 fully saturated rings. The molecule has 1 heterocycles. The summed E-state index contributed by atoms with van der Waals surface area (Å²) in [5, 5.41) is 3.35. The summed E-state index contributed by atoms with van der Waals surface area (Å²) in [5.41, 5.74) is 0. The van der Waals surface area contributed by atoms with Gasteiger partial charge in [-0.05, 0) is 32.2 Å². The van der Waals surface area contributed by atoms with E-state index in [2.05, 4.69) is 19.2 Å². The van der Waals surface area contributed by atoms with Gasteiger partial charge in [-0.2, -0.15) is 0 Å². The summed E-state index contributed by atoms with van der Waals surface area (Å²) in [5.74, 6) is 0.264. The van der Waals surface area contributed by atoms with E-state index in [4.69, 9.17) is 4.74 Å². The first-order valence-electron chi connectivity index (χ1n) is 7.27. The van der Waals surface area contributed by atoms with E-state index < -0.39 is 0 Å². The molecule has 1 aliphatic rings. The number of methoxy groups -OCH3 is 1. The lowest BCUT2D eigenvalue weighted by atomic mass is 10.0. The Morgan fingerprint density at radius 3 is 2.61 bits per heavy atom. The summed E-state index contributed by atoms with van der Waals surface area (Å²) >= 11 is 0. The summed E-state index contributed by atoms with van der Waals surface area (Å²) in [6, 6.07) is 0.368. The van der Waals surface area contributed by atoms with Crippen molar-refractivity contribution in [2.75, 3.05) is 26.8 Å². The van der Waals surface area contributed by atoms with Crippen molar-refractivity contribution >= 4 is 5.91 Å². The van der Waals surface area contributed by atoms with E-state index in [-0.39, 0.29) is 11.9 Å². The Bertz CT molecular complexity index is 236. The van der Waals surface area contributed by atoms with Crippen LogP contribution in [0.2, 0.25) is 0 Å². The van der Waals surface area contributed by atoms with Crippen LogP contribution in [0.1, 0.15) is 46.0 Å². The van der Waals surface area contributed by atoms with Gasteiger partial charge in [-0.1, -0.05) is 20.3 Å². The lowest BCUT2D eigenvalue weighted by Crippen LogP contribution is -2.52. The van der Waals surface area contributed by atoms with Gasteiger partial charge >= 0.3 is 0 Å². The minimum atomic E-state index is 0.0243. The quantitative estimate of drug-likeness (QED) is 0.755. The summed E-state index contributed by atoms with van der Waals surface area (Å²) in [4.78, 5) is 14.6. The van der Waals surface area contributed by atoms with Crippen LogP contribution in [0.15, 0.2) is 0 Å². The highest BCUT2D eigenvalue weighted by Crippen LogP contribution is 2.15. The molecule has 0 aromatic heterocycles. The van der Waals surface area contributed by atoms with Crippen LogP contribution >= 0.6 is 0 Å². The summed E-state index contributed by atoms with van der Waals surface area (Å²) in [7, 11) is 1.69. The van der Waals surface area contributed by atoms with Gasteiger partial charge in [0.15, 0.2) is 0 Å². The van der Waals surface area contributed by atoms with Crippen LogP contribution in [0.5, 0.6) is 0 Å². The van der Waals surface area contributed by atoms with E-state index in [9.17, 15) is 4.79 Å². The van der Waals surface area contributed by atoms with E-state index in [1.807, 2.05) is 4.90 Å². The molecule has 0 aromatic rings. The van der Waals surface area contributed by atoms with Gasteiger partial charge in [0.2, 0.25) is 5.91 Å². The van der Waals surface area contributed by atoms with Gasteiger partial charge in [0.1, 0.15) is 0 Å². The molecule has 0 bridgehead atoms. The molecule has 1 unspecified atom stereocenters. The van der Waals surface area contributed by atoms with Gasteiger partial charge in [0.05, 0.1) is 12.6 Å². The maximum absolute atomic E-state index is 12.6. The van der Waals surface area contributed by atoms with Crippen molar-refractivity contribution in [2.45, 2.75) is 58.0 Å². The fraction of sp³-hybridized carbons (Fsp3) is 0.929. The zero-order valence-corrected chi connectivity index (χ0v) is 12.1. The van der Waals surface area contributed by atoms with Crippen molar-refractivity contribution < 1.29 is 9.53 Å². The third-order valence-electron chi connectivity index (χ3n) is 3.81. The summed E-state index contributed by atoms with van der Waals surface area (Å²) < 4.78 is 5.13. The number of nitrogens with zero attached hydrogens (tertiary/aromatic N) is 1. The smallest absolute Gasteiger partial charge is 0.240 e. The van der Waals surface area contributed by atoms with Gasteiger partial charge in [-0.15, -0.1) is 0 Å². The Kier molecular flexibility index (Phi) is 7.28. The van der Waals surface area contributed by atoms with Crippen molar-refractivity contribution in [1.82, 2.24) is 10.2 Å². The van der Waals surface area contributed by atoms with E-state index in [0.717, 1.165) is 32.2 Å². The van der Waals surface area contributed by atoms with Crippen LogP contribution in [-0.4, -0.2) is 49.7 Å². The molecule has 0 saturated carbocycles. The maximum atomic E-state index is 12.6. The Balaban J connectivity index is 2.63. The lowest BCUT2D eigenvalue weighted by Gasteiger charge is -2.35. The average Bonchev–Trinajstić information content (AvgIpc) is 2.43. The number of nitrogens with one attached hydrogen (secondary N) is 1. The largest absolute Gasteiger partial charge is 0.383 e. The first kappa shape index (κ1) is 15.4. The van der Waals surface area contributed by atoms with Crippen LogP contribution in [-0.2, 0) is 9.53 Å². The normalized spacial score (nSPS) is 20.1. The fourth-order valence-electron chi connectivity index (χ4n) is 2.65. The van der Waals surface area contributed by atoms with Crippen LogP contribution in [0.25, 0.3) is 0 Å². The Morgan fingerprint density at radius 1 is 1.39 bits per heavy atom. The molecule has 4 nitrogen and oxygen atoms in total. The zero-order valence-electron chi connectivity index (χ0n) is 12.1. The van der Waals surface area contributed by atoms with Crippen molar-refractivity contribution in [3.05, 3.63) is 0 Å². The lowest BCUT2D eigenvalue weighted by molar-refractivity contribution is -0.137. The molecule has 1 N–H and O–H groups in total. The number of amides is 1. The molecule has 106 valence electrons. The first-order valence-corrected chi connectivity index (χ1v) is 7.27. The molecule has 1 atom stereocenters. The van der Waals surface area contributed by atoms with Gasteiger partial charge < -0.3 is 15.0 Å². The monoisotopic (exact) mass is 256 g/mol. The molecule has 0 aromatic carbocycles. The fourth-order valence-corrected chi connectivity index (χ4v) is 2.65. The van der Waals surface area contributed by atoms with E-state index in [1.54, 1.807) is 7.11 Å². The van der Waals surface area contributed by atoms with Gasteiger partial charge in [-0.25, -0.2) is 0 Å². The molecular formula is C14H28N2O2. The molecule has 0 aliphatic carbocycles. The zero-order chi connectivity index (χ0) is 13.4. The molecule has 1 saturated heterocycles. The second kappa shape index (κ2) is 8.48. The number of hydrogen-bond acceptors (Lipinski definition) is 3. The SMILES string of the molecule is CCC(CC)N(CCOC)C(=O)C1CCCCN1. The van der Waals surface area contributed by atoms with Crippen molar-refractivity contribution in [3.8, 4) is 0 Å². The van der Waals surface area contributed by atoms with Crippen molar-refractivity contribution in [2.24, 2.45) is 0 Å². The molecule has 1 amide bonds. The molecule has 0 spiro atoms. The van der Waals surface area contributed by atoms with Crippen molar-refractivity contribution in [1.29, 1.82) is 0 Å². The molecule has 18 heavy (non-hydrogen) atoms. The number of rotatable bonds is 7. The van der Waals surface area contributed by atoms with Crippen LogP contribution < -0.4 is 5.32 Å². The summed E-state index contributed by atoms with van der Waals surface area (Å²) in [6.45, 7) is 6.59. The Labute approximate surface area is 111 Å². The summed E-state index contributed by atoms with van der Waals surface area (Å²) in [6.07, 6.45) is 5.34. The molecule has 1 rings (SSSR count). The van der Waals surface area contributed by atoms with Crippen LogP contribution in [0.4, 0.5) is 0 Å². The number of piperidine rings is 1. The number of carbonyl (C=O) groups is 1. The topological polar surface area (TPSA) is 41.6 Å². The first-order chi connectivity index (χ1) is 8.74. The third-order valence-corrected chi connectivity index (χ3v) is 3.81. The Morgan fingerprint density at radius 2 is 2.11 bits per heavy atom. The van der Waals surface area contributed by atoms with Crippen LogP contribution in [0, 0.1) is 0 Å².